The second kappa shape index (κ2) is 3.87. The van der Waals surface area contributed by atoms with Crippen molar-refractivity contribution in [2.24, 2.45) is 5.92 Å². The Kier molecular flexibility index (Phi) is 2.74. The Bertz CT molecular complexity index is 228. The third-order valence-electron chi connectivity index (χ3n) is 3.29. The number of carbonyl (C=O) groups excluding carboxylic acids is 1. The molecule has 2 rings (SSSR count). The summed E-state index contributed by atoms with van der Waals surface area (Å²) in [6, 6.07) is 0.374. The van der Waals surface area contributed by atoms with E-state index in [9.17, 15) is 4.79 Å². The van der Waals surface area contributed by atoms with Gasteiger partial charge in [-0.25, -0.2) is 0 Å². The lowest BCUT2D eigenvalue weighted by Crippen LogP contribution is -2.59. The van der Waals surface area contributed by atoms with Crippen molar-refractivity contribution in [3.05, 3.63) is 0 Å². The van der Waals surface area contributed by atoms with E-state index in [2.05, 4.69) is 12.2 Å². The Labute approximate surface area is 84.6 Å². The highest BCUT2D eigenvalue weighted by atomic mass is 16.5. The van der Waals surface area contributed by atoms with E-state index >= 15 is 0 Å². The molecule has 0 aromatic carbocycles. The predicted molar refractivity (Wildman–Crippen MR) is 52.9 cm³/mol. The Hall–Kier alpha value is -0.610. The molecule has 2 unspecified atom stereocenters. The fourth-order valence-corrected chi connectivity index (χ4v) is 1.94. The van der Waals surface area contributed by atoms with Gasteiger partial charge in [-0.1, -0.05) is 6.92 Å². The van der Waals surface area contributed by atoms with Gasteiger partial charge in [0.25, 0.3) is 5.91 Å². The van der Waals surface area contributed by atoms with Gasteiger partial charge >= 0.3 is 0 Å². The number of nitrogens with zero attached hydrogens (tertiary/aromatic N) is 1. The molecule has 1 N–H and O–H groups in total. The molecule has 1 amide bonds. The van der Waals surface area contributed by atoms with Crippen LogP contribution in [0.3, 0.4) is 0 Å². The maximum absolute atomic E-state index is 12.0. The molecule has 4 heteroatoms. The van der Waals surface area contributed by atoms with E-state index < -0.39 is 0 Å². The van der Waals surface area contributed by atoms with E-state index in [1.54, 1.807) is 0 Å². The third-order valence-corrected chi connectivity index (χ3v) is 3.29. The fraction of sp³-hybridized carbons (Fsp3) is 0.900. The van der Waals surface area contributed by atoms with Gasteiger partial charge < -0.3 is 15.0 Å². The first kappa shape index (κ1) is 9.93. The molecule has 0 spiro atoms. The number of likely N-dealkylation sites (N-methyl/N-ethyl adjacent to an activating group) is 1. The van der Waals surface area contributed by atoms with Crippen LogP contribution in [0.15, 0.2) is 0 Å². The van der Waals surface area contributed by atoms with Crippen LogP contribution < -0.4 is 5.32 Å². The monoisotopic (exact) mass is 198 g/mol. The van der Waals surface area contributed by atoms with Crippen LogP contribution in [0, 0.1) is 5.92 Å². The molecule has 0 radical (unpaired) electrons. The maximum Gasteiger partial charge on any atom is 0.252 e. The van der Waals surface area contributed by atoms with E-state index in [1.165, 1.54) is 0 Å². The molecule has 0 bridgehead atoms. The van der Waals surface area contributed by atoms with E-state index in [0.717, 1.165) is 26.1 Å². The summed E-state index contributed by atoms with van der Waals surface area (Å²) in [5, 5.41) is 3.16. The largest absolute Gasteiger partial charge is 0.368 e. The van der Waals surface area contributed by atoms with Crippen molar-refractivity contribution in [2.45, 2.75) is 25.5 Å². The van der Waals surface area contributed by atoms with Gasteiger partial charge in [0.15, 0.2) is 0 Å². The summed E-state index contributed by atoms with van der Waals surface area (Å²) in [6.07, 6.45) is 0.813. The van der Waals surface area contributed by atoms with Gasteiger partial charge in [-0.15, -0.1) is 0 Å². The lowest BCUT2D eigenvalue weighted by atomic mass is 10.0. The molecule has 0 aromatic rings. The first-order chi connectivity index (χ1) is 6.70. The molecular weight excluding hydrogens is 180 g/mol. The molecule has 2 aliphatic heterocycles. The molecule has 2 heterocycles. The molecule has 2 saturated heterocycles. The van der Waals surface area contributed by atoms with Crippen LogP contribution >= 0.6 is 0 Å². The van der Waals surface area contributed by atoms with Crippen molar-refractivity contribution in [1.29, 1.82) is 0 Å². The summed E-state index contributed by atoms with van der Waals surface area (Å²) < 4.78 is 5.46. The number of carbonyl (C=O) groups is 1. The average molecular weight is 198 g/mol. The molecular formula is C10H18N2O2. The Balaban J connectivity index is 1.92. The van der Waals surface area contributed by atoms with Gasteiger partial charge in [0.2, 0.25) is 0 Å². The van der Waals surface area contributed by atoms with Crippen molar-refractivity contribution in [1.82, 2.24) is 10.2 Å². The van der Waals surface area contributed by atoms with Gasteiger partial charge in [-0.3, -0.25) is 4.79 Å². The highest BCUT2D eigenvalue weighted by molar-refractivity contribution is 5.81. The zero-order valence-electron chi connectivity index (χ0n) is 8.82. The maximum atomic E-state index is 12.0. The van der Waals surface area contributed by atoms with Gasteiger partial charge in [-0.05, 0) is 12.3 Å². The minimum atomic E-state index is -0.194. The number of nitrogens with one attached hydrogen (secondary N) is 1. The predicted octanol–water partition coefficient (Wildman–Crippen LogP) is -0.158. The van der Waals surface area contributed by atoms with Gasteiger partial charge in [0.05, 0.1) is 6.04 Å². The minimum absolute atomic E-state index is 0.154. The van der Waals surface area contributed by atoms with Gasteiger partial charge in [-0.2, -0.15) is 0 Å². The number of amides is 1. The SMILES string of the molecule is CC1CCOC1C(=O)N(C)C1CNC1. The molecule has 14 heavy (non-hydrogen) atoms. The Morgan fingerprint density at radius 3 is 2.64 bits per heavy atom. The van der Waals surface area contributed by atoms with Crippen molar-refractivity contribution in [3.63, 3.8) is 0 Å². The summed E-state index contributed by atoms with van der Waals surface area (Å²) in [5.74, 6) is 0.527. The van der Waals surface area contributed by atoms with Crippen LogP contribution in [-0.2, 0) is 9.53 Å². The number of ether oxygens (including phenoxy) is 1. The normalized spacial score (nSPS) is 32.7. The van der Waals surface area contributed by atoms with Crippen LogP contribution in [0.2, 0.25) is 0 Å². The van der Waals surface area contributed by atoms with Gasteiger partial charge in [0.1, 0.15) is 6.10 Å². The molecule has 4 nitrogen and oxygen atoms in total. The van der Waals surface area contributed by atoms with E-state index in [-0.39, 0.29) is 12.0 Å². The highest BCUT2D eigenvalue weighted by Gasteiger charge is 2.36. The zero-order valence-corrected chi connectivity index (χ0v) is 8.82. The number of hydrogen-bond acceptors (Lipinski definition) is 3. The third kappa shape index (κ3) is 1.64. The lowest BCUT2D eigenvalue weighted by molar-refractivity contribution is -0.144. The summed E-state index contributed by atoms with van der Waals surface area (Å²) >= 11 is 0. The molecule has 2 fully saturated rings. The number of rotatable bonds is 2. The fourth-order valence-electron chi connectivity index (χ4n) is 1.94. The second-order valence-corrected chi connectivity index (χ2v) is 4.32. The second-order valence-electron chi connectivity index (χ2n) is 4.32. The topological polar surface area (TPSA) is 41.6 Å². The molecule has 2 atom stereocenters. The summed E-state index contributed by atoms with van der Waals surface area (Å²) in [5.41, 5.74) is 0. The van der Waals surface area contributed by atoms with E-state index in [0.29, 0.717) is 12.0 Å². The summed E-state index contributed by atoms with van der Waals surface area (Å²) in [7, 11) is 1.88. The Morgan fingerprint density at radius 1 is 1.50 bits per heavy atom. The molecule has 2 aliphatic rings. The average Bonchev–Trinajstić information content (AvgIpc) is 2.47. The quantitative estimate of drug-likeness (QED) is 0.670. The summed E-state index contributed by atoms with van der Waals surface area (Å²) in [6.45, 7) is 4.66. The first-order valence-corrected chi connectivity index (χ1v) is 5.29. The van der Waals surface area contributed by atoms with Crippen LogP contribution in [0.25, 0.3) is 0 Å². The van der Waals surface area contributed by atoms with Crippen LogP contribution in [0.1, 0.15) is 13.3 Å². The van der Waals surface area contributed by atoms with Crippen molar-refractivity contribution in [2.75, 3.05) is 26.7 Å². The first-order valence-electron chi connectivity index (χ1n) is 5.29. The standard InChI is InChI=1S/C10H18N2O2/c1-7-3-4-14-9(7)10(13)12(2)8-5-11-6-8/h7-9,11H,3-6H2,1-2H3. The van der Waals surface area contributed by atoms with Crippen molar-refractivity contribution < 1.29 is 9.53 Å². The minimum Gasteiger partial charge on any atom is -0.368 e. The molecule has 0 aromatic heterocycles. The lowest BCUT2D eigenvalue weighted by Gasteiger charge is -2.37. The van der Waals surface area contributed by atoms with Crippen molar-refractivity contribution in [3.8, 4) is 0 Å². The van der Waals surface area contributed by atoms with Gasteiger partial charge in [0, 0.05) is 26.7 Å². The highest BCUT2D eigenvalue weighted by Crippen LogP contribution is 2.22. The number of hydrogen-bond donors (Lipinski definition) is 1. The molecule has 0 saturated carbocycles. The smallest absolute Gasteiger partial charge is 0.252 e. The zero-order chi connectivity index (χ0) is 10.1. The summed E-state index contributed by atoms with van der Waals surface area (Å²) in [4.78, 5) is 13.8. The van der Waals surface area contributed by atoms with Crippen LogP contribution in [0.4, 0.5) is 0 Å². The molecule has 80 valence electrons. The molecule has 0 aliphatic carbocycles. The van der Waals surface area contributed by atoms with E-state index in [1.807, 2.05) is 11.9 Å². The van der Waals surface area contributed by atoms with Crippen molar-refractivity contribution >= 4 is 5.91 Å². The Morgan fingerprint density at radius 2 is 2.21 bits per heavy atom. The van der Waals surface area contributed by atoms with Crippen LogP contribution in [-0.4, -0.2) is 49.7 Å². The van der Waals surface area contributed by atoms with E-state index in [4.69, 9.17) is 4.74 Å². The van der Waals surface area contributed by atoms with Crippen LogP contribution in [0.5, 0.6) is 0 Å².